The van der Waals surface area contributed by atoms with Crippen LogP contribution in [0.1, 0.15) is 52.8 Å². The fourth-order valence-electron chi connectivity index (χ4n) is 4.65. The van der Waals surface area contributed by atoms with E-state index in [0.29, 0.717) is 64.4 Å². The summed E-state index contributed by atoms with van der Waals surface area (Å²) < 4.78 is 0. The Morgan fingerprint density at radius 1 is 0.829 bits per heavy atom. The summed E-state index contributed by atoms with van der Waals surface area (Å²) in [4.78, 5) is 30.0. The molecular weight excluding hydrogens is 516 g/mol. The van der Waals surface area contributed by atoms with Crippen molar-refractivity contribution < 1.29 is 20.1 Å². The second kappa shape index (κ2) is 12.0. The van der Waals surface area contributed by atoms with Crippen LogP contribution in [0.4, 0.5) is 11.4 Å². The van der Waals surface area contributed by atoms with Crippen LogP contribution in [-0.2, 0) is 11.2 Å². The number of aromatic hydroxyl groups is 2. The Hall–Kier alpha value is -5.11. The molecule has 0 atom stereocenters. The summed E-state index contributed by atoms with van der Waals surface area (Å²) in [7, 11) is 0. The van der Waals surface area contributed by atoms with E-state index in [9.17, 15) is 15.0 Å². The van der Waals surface area contributed by atoms with Crippen LogP contribution in [0.2, 0.25) is 0 Å². The number of aromatic nitrogens is 1. The van der Waals surface area contributed by atoms with Gasteiger partial charge in [0.25, 0.3) is 0 Å². The first-order chi connectivity index (χ1) is 19.8. The molecule has 2 heterocycles. The van der Waals surface area contributed by atoms with Gasteiger partial charge in [0.15, 0.2) is 5.84 Å². The maximum absolute atomic E-state index is 11.6. The molecule has 0 spiro atoms. The summed E-state index contributed by atoms with van der Waals surface area (Å²) in [6.45, 7) is 3.98. The number of hydrogen-bond donors (Lipinski definition) is 3. The first-order valence-electron chi connectivity index (χ1n) is 13.4. The molecule has 0 unspecified atom stereocenters. The van der Waals surface area contributed by atoms with Crippen LogP contribution in [-0.4, -0.2) is 43.5 Å². The zero-order valence-electron chi connectivity index (χ0n) is 22.9. The molecule has 8 nitrogen and oxygen atoms in total. The summed E-state index contributed by atoms with van der Waals surface area (Å²) in [6, 6.07) is 22.2. The van der Waals surface area contributed by atoms with Crippen molar-refractivity contribution in [3.8, 4) is 11.5 Å². The maximum Gasteiger partial charge on any atom is 0.303 e. The number of aryl methyl sites for hydroxylation is 3. The number of phenols is 2. The van der Waals surface area contributed by atoms with Gasteiger partial charge in [0.05, 0.1) is 28.2 Å². The Bertz CT molecular complexity index is 1670. The van der Waals surface area contributed by atoms with Gasteiger partial charge in [0.1, 0.15) is 22.9 Å². The Kier molecular flexibility index (Phi) is 8.01. The number of carbonyl (C=O) groups is 1. The second-order valence-corrected chi connectivity index (χ2v) is 10.00. The molecule has 3 aromatic carbocycles. The number of benzene rings is 3. The van der Waals surface area contributed by atoms with E-state index >= 15 is 0 Å². The smallest absolute Gasteiger partial charge is 0.303 e. The number of carboxylic acids is 1. The number of phenolic OH excluding ortho intramolecular Hbond substituents is 2. The third-order valence-corrected chi connectivity index (χ3v) is 6.80. The van der Waals surface area contributed by atoms with Crippen molar-refractivity contribution in [2.75, 3.05) is 0 Å². The van der Waals surface area contributed by atoms with E-state index in [-0.39, 0.29) is 23.8 Å². The number of fused-ring (bicyclic) bond motifs is 1. The van der Waals surface area contributed by atoms with Crippen LogP contribution in [0.5, 0.6) is 11.5 Å². The Morgan fingerprint density at radius 2 is 1.49 bits per heavy atom. The molecule has 0 saturated carbocycles. The van der Waals surface area contributed by atoms with E-state index in [0.717, 1.165) is 11.1 Å². The van der Waals surface area contributed by atoms with Crippen LogP contribution in [0, 0.1) is 13.8 Å². The van der Waals surface area contributed by atoms with Crippen LogP contribution in [0.25, 0.3) is 0 Å². The summed E-state index contributed by atoms with van der Waals surface area (Å²) in [5.74, 6) is -0.740. The van der Waals surface area contributed by atoms with E-state index < -0.39 is 5.97 Å². The lowest BCUT2D eigenvalue weighted by molar-refractivity contribution is -0.137. The van der Waals surface area contributed by atoms with E-state index in [1.807, 2.05) is 68.4 Å². The van der Waals surface area contributed by atoms with E-state index in [1.165, 1.54) is 6.07 Å². The van der Waals surface area contributed by atoms with Crippen molar-refractivity contribution in [1.82, 2.24) is 4.98 Å². The Balaban J connectivity index is 1.74. The Labute approximate surface area is 238 Å². The van der Waals surface area contributed by atoms with Gasteiger partial charge < -0.3 is 15.3 Å². The minimum atomic E-state index is -0.871. The molecule has 206 valence electrons. The monoisotopic (exact) mass is 546 g/mol. The van der Waals surface area contributed by atoms with Gasteiger partial charge in [-0.3, -0.25) is 9.78 Å². The minimum Gasteiger partial charge on any atom is -0.507 e. The highest BCUT2D eigenvalue weighted by Crippen LogP contribution is 2.39. The van der Waals surface area contributed by atoms with E-state index in [1.54, 1.807) is 18.3 Å². The molecule has 5 rings (SSSR count). The standard InChI is InChI=1S/C33H30N4O4/c1-20-10-14-23(15-11-20)35-31-28-26(38)19-22(7-3-4-9-27(39)40)32(41)29(28)30(25-8-5-6-18-34-25)37-33(31)36-24-16-12-21(2)13-17-24/h5-6,8,10-19,38,41H,3-4,7,9H2,1-2H3,(H,39,40). The molecule has 0 radical (unpaired) electrons. The van der Waals surface area contributed by atoms with Crippen molar-refractivity contribution in [2.45, 2.75) is 39.5 Å². The summed E-state index contributed by atoms with van der Waals surface area (Å²) in [5.41, 5.74) is 5.74. The van der Waals surface area contributed by atoms with Crippen molar-refractivity contribution >= 4 is 34.6 Å². The lowest BCUT2D eigenvalue weighted by Crippen LogP contribution is -2.26. The second-order valence-electron chi connectivity index (χ2n) is 10.00. The highest BCUT2D eigenvalue weighted by molar-refractivity contribution is 6.54. The minimum absolute atomic E-state index is 0.0323. The maximum atomic E-state index is 11.6. The first-order valence-corrected chi connectivity index (χ1v) is 13.4. The number of aliphatic carboxylic acids is 1. The van der Waals surface area contributed by atoms with Gasteiger partial charge in [0.2, 0.25) is 0 Å². The third-order valence-electron chi connectivity index (χ3n) is 6.80. The number of unbranched alkanes of at least 4 members (excludes halogenated alkanes) is 1. The van der Waals surface area contributed by atoms with Crippen LogP contribution in [0.15, 0.2) is 94.0 Å². The van der Waals surface area contributed by atoms with Crippen LogP contribution < -0.4 is 0 Å². The van der Waals surface area contributed by atoms with Gasteiger partial charge >= 0.3 is 5.97 Å². The topological polar surface area (TPSA) is 128 Å². The number of nitrogens with zero attached hydrogens (tertiary/aromatic N) is 4. The van der Waals surface area contributed by atoms with Gasteiger partial charge in [-0.15, -0.1) is 0 Å². The fraction of sp³-hybridized carbons (Fsp3) is 0.182. The SMILES string of the molecule is Cc1ccc(N=C2N=C(c3ccccn3)c3c(O)c(CCCCC(=O)O)cc(O)c3C2=Nc2ccc(C)cc2)cc1. The lowest BCUT2D eigenvalue weighted by atomic mass is 9.88. The molecule has 4 aromatic rings. The number of rotatable bonds is 8. The molecule has 3 N–H and O–H groups in total. The zero-order valence-corrected chi connectivity index (χ0v) is 22.9. The molecule has 1 aliphatic heterocycles. The number of carboxylic acid groups (broad SMARTS) is 1. The normalized spacial score (nSPS) is 14.6. The number of amidine groups is 1. The van der Waals surface area contributed by atoms with Gasteiger partial charge in [-0.05, 0) is 81.1 Å². The molecule has 1 aliphatic rings. The predicted octanol–water partition coefficient (Wildman–Crippen LogP) is 6.61. The first kappa shape index (κ1) is 27.5. The quantitative estimate of drug-likeness (QED) is 0.169. The zero-order chi connectivity index (χ0) is 28.9. The predicted molar refractivity (Wildman–Crippen MR) is 160 cm³/mol. The van der Waals surface area contributed by atoms with Gasteiger partial charge in [0, 0.05) is 12.6 Å². The van der Waals surface area contributed by atoms with Gasteiger partial charge in [-0.2, -0.15) is 0 Å². The molecule has 8 heteroatoms. The average Bonchev–Trinajstić information content (AvgIpc) is 2.96. The number of hydrogen-bond acceptors (Lipinski definition) is 6. The summed E-state index contributed by atoms with van der Waals surface area (Å²) in [6.07, 6.45) is 3.02. The van der Waals surface area contributed by atoms with Crippen molar-refractivity contribution in [3.63, 3.8) is 0 Å². The number of aliphatic imine (C=N–C) groups is 3. The van der Waals surface area contributed by atoms with Gasteiger partial charge in [-0.25, -0.2) is 15.0 Å². The molecule has 0 saturated heterocycles. The summed E-state index contributed by atoms with van der Waals surface area (Å²) >= 11 is 0. The highest BCUT2D eigenvalue weighted by Gasteiger charge is 2.33. The third kappa shape index (κ3) is 6.22. The molecular formula is C33H30N4O4. The van der Waals surface area contributed by atoms with Crippen LogP contribution in [0.3, 0.4) is 0 Å². The average molecular weight is 547 g/mol. The molecule has 41 heavy (non-hydrogen) atoms. The lowest BCUT2D eigenvalue weighted by Gasteiger charge is -2.23. The molecule has 0 amide bonds. The van der Waals surface area contributed by atoms with Crippen molar-refractivity contribution in [1.29, 1.82) is 0 Å². The fourth-order valence-corrected chi connectivity index (χ4v) is 4.65. The van der Waals surface area contributed by atoms with E-state index in [4.69, 9.17) is 20.1 Å². The molecule has 0 aliphatic carbocycles. The molecule has 0 fully saturated rings. The summed E-state index contributed by atoms with van der Waals surface area (Å²) in [5, 5.41) is 32.1. The number of pyridine rings is 1. The van der Waals surface area contributed by atoms with Crippen LogP contribution >= 0.6 is 0 Å². The van der Waals surface area contributed by atoms with Crippen molar-refractivity contribution in [2.24, 2.45) is 15.0 Å². The van der Waals surface area contributed by atoms with Gasteiger partial charge in [-0.1, -0.05) is 41.5 Å². The van der Waals surface area contributed by atoms with Crippen molar-refractivity contribution in [3.05, 3.63) is 113 Å². The molecule has 1 aromatic heterocycles. The van der Waals surface area contributed by atoms with E-state index in [2.05, 4.69) is 4.98 Å². The largest absolute Gasteiger partial charge is 0.507 e. The Morgan fingerprint density at radius 3 is 2.10 bits per heavy atom. The highest BCUT2D eigenvalue weighted by atomic mass is 16.4. The molecule has 0 bridgehead atoms.